The van der Waals surface area contributed by atoms with E-state index in [1.165, 1.54) is 6.42 Å². The first-order chi connectivity index (χ1) is 15.7. The lowest BCUT2D eigenvalue weighted by Crippen LogP contribution is -2.33. The lowest BCUT2D eigenvalue weighted by atomic mass is 9.85. The summed E-state index contributed by atoms with van der Waals surface area (Å²) in [7, 11) is 0. The van der Waals surface area contributed by atoms with Gasteiger partial charge in [-0.05, 0) is 48.4 Å². The maximum absolute atomic E-state index is 13.5. The quantitative estimate of drug-likeness (QED) is 0.507. The second-order valence-corrected chi connectivity index (χ2v) is 8.75. The lowest BCUT2D eigenvalue weighted by Gasteiger charge is -2.27. The smallest absolute Gasteiger partial charge is 0.262 e. The minimum atomic E-state index is -0.229. The molecule has 0 radical (unpaired) electrons. The fourth-order valence-corrected chi connectivity index (χ4v) is 5.20. The largest absolute Gasteiger partial charge is 0.342 e. The first-order valence-corrected chi connectivity index (χ1v) is 11.4. The fraction of sp³-hybridized carbons (Fsp3) is 0.308. The minimum Gasteiger partial charge on any atom is -0.342 e. The van der Waals surface area contributed by atoms with Gasteiger partial charge in [0, 0.05) is 30.6 Å². The van der Waals surface area contributed by atoms with Crippen LogP contribution in [-0.2, 0) is 6.42 Å². The predicted octanol–water partition coefficient (Wildman–Crippen LogP) is 4.65. The molecule has 1 fully saturated rings. The molecule has 6 nitrogen and oxygen atoms in total. The number of piperidine rings is 1. The van der Waals surface area contributed by atoms with Crippen LogP contribution in [0, 0.1) is 0 Å². The fourth-order valence-electron chi connectivity index (χ4n) is 5.20. The van der Waals surface area contributed by atoms with E-state index in [0.717, 1.165) is 60.8 Å². The Labute approximate surface area is 185 Å². The first-order valence-electron chi connectivity index (χ1n) is 11.4. The van der Waals surface area contributed by atoms with Crippen molar-refractivity contribution in [3.8, 4) is 11.1 Å². The third-order valence-corrected chi connectivity index (χ3v) is 6.73. The van der Waals surface area contributed by atoms with Crippen LogP contribution >= 0.6 is 0 Å². The summed E-state index contributed by atoms with van der Waals surface area (Å²) in [6, 6.07) is 14.1. The van der Waals surface area contributed by atoms with Crippen molar-refractivity contribution >= 4 is 33.5 Å². The van der Waals surface area contributed by atoms with Gasteiger partial charge >= 0.3 is 0 Å². The normalized spacial score (nSPS) is 16.5. The van der Waals surface area contributed by atoms with Crippen LogP contribution in [0.1, 0.15) is 48.2 Å². The summed E-state index contributed by atoms with van der Waals surface area (Å²) in [5.74, 6) is 0.642. The Morgan fingerprint density at radius 1 is 0.812 bits per heavy atom. The number of Topliss-reactive ketones (excluding diaryl/α,β-unsaturated/α-hetero) is 1. The van der Waals surface area contributed by atoms with Crippen LogP contribution in [0.4, 0.5) is 5.95 Å². The number of aromatic amines is 1. The van der Waals surface area contributed by atoms with E-state index in [1.54, 1.807) is 0 Å². The van der Waals surface area contributed by atoms with Crippen molar-refractivity contribution in [3.63, 3.8) is 0 Å². The van der Waals surface area contributed by atoms with Gasteiger partial charge in [-0.1, -0.05) is 42.5 Å². The Hall–Kier alpha value is -3.54. The van der Waals surface area contributed by atoms with Crippen LogP contribution in [0.15, 0.2) is 47.3 Å². The van der Waals surface area contributed by atoms with E-state index in [2.05, 4.69) is 9.88 Å². The maximum atomic E-state index is 13.5. The zero-order valence-electron chi connectivity index (χ0n) is 17.9. The van der Waals surface area contributed by atoms with Gasteiger partial charge in [0.2, 0.25) is 5.95 Å². The number of H-pyrrole nitrogens is 1. The molecule has 1 saturated heterocycles. The monoisotopic (exact) mass is 424 g/mol. The topological polar surface area (TPSA) is 79.0 Å². The molecular formula is C26H24N4O2. The van der Waals surface area contributed by atoms with Gasteiger partial charge in [-0.25, -0.2) is 4.98 Å². The SMILES string of the molecule is O=C1CCCc2nc3nc(N4CCCCC4)[nH]c(=O)c3c(-c3cccc4ccccc34)c21. The van der Waals surface area contributed by atoms with E-state index < -0.39 is 0 Å². The number of hydrogen-bond donors (Lipinski definition) is 1. The molecular weight excluding hydrogens is 400 g/mol. The molecule has 0 unspecified atom stereocenters. The summed E-state index contributed by atoms with van der Waals surface area (Å²) in [5.41, 5.74) is 3.14. The van der Waals surface area contributed by atoms with Gasteiger partial charge in [0.25, 0.3) is 5.56 Å². The first kappa shape index (κ1) is 19.2. The molecule has 1 N–H and O–H groups in total. The molecule has 0 bridgehead atoms. The molecule has 6 rings (SSSR count). The number of aryl methyl sites for hydroxylation is 1. The predicted molar refractivity (Wildman–Crippen MR) is 126 cm³/mol. The number of anilines is 1. The zero-order chi connectivity index (χ0) is 21.7. The molecule has 0 amide bonds. The van der Waals surface area contributed by atoms with Crippen molar-refractivity contribution in [3.05, 3.63) is 64.1 Å². The van der Waals surface area contributed by atoms with Crippen molar-refractivity contribution in [1.29, 1.82) is 0 Å². The highest BCUT2D eigenvalue weighted by molar-refractivity contribution is 6.14. The molecule has 2 aromatic heterocycles. The van der Waals surface area contributed by atoms with Gasteiger partial charge in [-0.2, -0.15) is 4.98 Å². The third-order valence-electron chi connectivity index (χ3n) is 6.73. The Bertz CT molecular complexity index is 1430. The second-order valence-electron chi connectivity index (χ2n) is 8.75. The molecule has 6 heteroatoms. The van der Waals surface area contributed by atoms with Gasteiger partial charge in [-0.3, -0.25) is 14.6 Å². The highest BCUT2D eigenvalue weighted by Crippen LogP contribution is 2.38. The van der Waals surface area contributed by atoms with E-state index in [-0.39, 0.29) is 11.3 Å². The number of nitrogens with zero attached hydrogens (tertiary/aromatic N) is 3. The summed E-state index contributed by atoms with van der Waals surface area (Å²) in [5, 5.41) is 2.50. The zero-order valence-corrected chi connectivity index (χ0v) is 17.9. The standard InChI is InChI=1S/C26H24N4O2/c31-20-13-7-12-19-22(20)21(18-11-6-9-16-8-2-3-10-17(16)18)23-24(27-19)28-26(29-25(23)32)30-14-4-1-5-15-30/h2-3,6,8-11H,1,4-5,7,12-15H2,(H,27,28,29,32). The van der Waals surface area contributed by atoms with Crippen LogP contribution in [0.5, 0.6) is 0 Å². The Kier molecular flexibility index (Phi) is 4.52. The van der Waals surface area contributed by atoms with Crippen LogP contribution < -0.4 is 10.5 Å². The highest BCUT2D eigenvalue weighted by Gasteiger charge is 2.28. The van der Waals surface area contributed by atoms with E-state index >= 15 is 0 Å². The van der Waals surface area contributed by atoms with Gasteiger partial charge in [0.05, 0.1) is 11.1 Å². The molecule has 32 heavy (non-hydrogen) atoms. The lowest BCUT2D eigenvalue weighted by molar-refractivity contribution is 0.0972. The summed E-state index contributed by atoms with van der Waals surface area (Å²) in [4.78, 5) is 41.3. The van der Waals surface area contributed by atoms with Crippen LogP contribution in [-0.4, -0.2) is 33.8 Å². The minimum absolute atomic E-state index is 0.0584. The van der Waals surface area contributed by atoms with Gasteiger partial charge < -0.3 is 4.90 Å². The summed E-state index contributed by atoms with van der Waals surface area (Å²) in [6.45, 7) is 1.77. The summed E-state index contributed by atoms with van der Waals surface area (Å²) < 4.78 is 0. The molecule has 0 atom stereocenters. The number of hydrogen-bond acceptors (Lipinski definition) is 5. The maximum Gasteiger partial charge on any atom is 0.262 e. The van der Waals surface area contributed by atoms with Gasteiger partial charge in [-0.15, -0.1) is 0 Å². The van der Waals surface area contributed by atoms with E-state index in [1.807, 2.05) is 42.5 Å². The number of pyridine rings is 1. The van der Waals surface area contributed by atoms with Gasteiger partial charge in [0.1, 0.15) is 0 Å². The molecule has 160 valence electrons. The van der Waals surface area contributed by atoms with E-state index in [9.17, 15) is 9.59 Å². The summed E-state index contributed by atoms with van der Waals surface area (Å²) >= 11 is 0. The molecule has 3 heterocycles. The van der Waals surface area contributed by atoms with Crippen molar-refractivity contribution in [2.75, 3.05) is 18.0 Å². The van der Waals surface area contributed by atoms with Crippen LogP contribution in [0.25, 0.3) is 32.9 Å². The Morgan fingerprint density at radius 3 is 2.50 bits per heavy atom. The van der Waals surface area contributed by atoms with Crippen molar-refractivity contribution in [2.24, 2.45) is 0 Å². The second kappa shape index (κ2) is 7.55. The van der Waals surface area contributed by atoms with Crippen LogP contribution in [0.3, 0.4) is 0 Å². The highest BCUT2D eigenvalue weighted by atomic mass is 16.1. The number of nitrogens with one attached hydrogen (secondary N) is 1. The number of carbonyl (C=O) groups excluding carboxylic acids is 1. The van der Waals surface area contributed by atoms with E-state index in [0.29, 0.717) is 34.5 Å². The number of benzene rings is 2. The molecule has 2 aromatic carbocycles. The molecule has 0 spiro atoms. The van der Waals surface area contributed by atoms with Crippen LogP contribution in [0.2, 0.25) is 0 Å². The number of fused-ring (bicyclic) bond motifs is 3. The number of carbonyl (C=O) groups is 1. The number of rotatable bonds is 2. The number of ketones is 1. The van der Waals surface area contributed by atoms with E-state index in [4.69, 9.17) is 9.97 Å². The average molecular weight is 425 g/mol. The molecule has 1 aliphatic heterocycles. The molecule has 2 aliphatic rings. The van der Waals surface area contributed by atoms with Crippen molar-refractivity contribution < 1.29 is 4.79 Å². The van der Waals surface area contributed by atoms with Crippen molar-refractivity contribution in [1.82, 2.24) is 15.0 Å². The number of aromatic nitrogens is 3. The Morgan fingerprint density at radius 2 is 1.62 bits per heavy atom. The van der Waals surface area contributed by atoms with Gasteiger partial charge in [0.15, 0.2) is 11.4 Å². The molecule has 4 aromatic rings. The average Bonchev–Trinajstić information content (AvgIpc) is 2.83. The third kappa shape index (κ3) is 3.01. The summed E-state index contributed by atoms with van der Waals surface area (Å²) in [6.07, 6.45) is 5.37. The Balaban J connectivity index is 1.70. The molecule has 1 aliphatic carbocycles. The molecule has 0 saturated carbocycles. The van der Waals surface area contributed by atoms with Crippen molar-refractivity contribution in [2.45, 2.75) is 38.5 Å².